The van der Waals surface area contributed by atoms with Gasteiger partial charge in [-0.25, -0.2) is 0 Å². The molecule has 3 rings (SSSR count). The number of hydrogen-bond acceptors (Lipinski definition) is 4. The highest BCUT2D eigenvalue weighted by molar-refractivity contribution is 7.99. The first kappa shape index (κ1) is 19.2. The Kier molecular flexibility index (Phi) is 6.57. The van der Waals surface area contributed by atoms with Crippen LogP contribution in [0.3, 0.4) is 0 Å². The van der Waals surface area contributed by atoms with Gasteiger partial charge in [-0.2, -0.15) is 11.8 Å². The van der Waals surface area contributed by atoms with Gasteiger partial charge in [-0.3, -0.25) is 14.6 Å². The topological polar surface area (TPSA) is 53.5 Å². The van der Waals surface area contributed by atoms with E-state index in [0.29, 0.717) is 18.7 Å². The third kappa shape index (κ3) is 4.78. The third-order valence-electron chi connectivity index (χ3n) is 5.60. The molecule has 0 atom stereocenters. The Hall–Kier alpha value is -1.56. The van der Waals surface area contributed by atoms with E-state index < -0.39 is 0 Å². The number of nitrogens with zero attached hydrogens (tertiary/aromatic N) is 3. The van der Waals surface area contributed by atoms with E-state index in [1.807, 2.05) is 28.1 Å². The summed E-state index contributed by atoms with van der Waals surface area (Å²) >= 11 is 1.73. The van der Waals surface area contributed by atoms with Crippen LogP contribution in [-0.2, 0) is 16.1 Å². The molecule has 0 aliphatic carbocycles. The van der Waals surface area contributed by atoms with Crippen molar-refractivity contribution in [3.8, 4) is 0 Å². The molecule has 2 aliphatic rings. The highest BCUT2D eigenvalue weighted by Crippen LogP contribution is 2.40. The summed E-state index contributed by atoms with van der Waals surface area (Å²) in [5.74, 6) is 2.17. The van der Waals surface area contributed by atoms with Gasteiger partial charge in [0, 0.05) is 45.0 Å². The lowest BCUT2D eigenvalue weighted by Gasteiger charge is -2.47. The molecule has 2 aliphatic heterocycles. The van der Waals surface area contributed by atoms with E-state index in [0.717, 1.165) is 56.6 Å². The lowest BCUT2D eigenvalue weighted by atomic mass is 9.72. The van der Waals surface area contributed by atoms with Crippen molar-refractivity contribution in [3.63, 3.8) is 0 Å². The molecule has 5 nitrogen and oxygen atoms in total. The number of carbonyl (C=O) groups is 2. The lowest BCUT2D eigenvalue weighted by Crippen LogP contribution is -2.52. The number of carbonyl (C=O) groups excluding carboxylic acids is 2. The maximum atomic E-state index is 12.4. The molecule has 1 aromatic rings. The van der Waals surface area contributed by atoms with Gasteiger partial charge in [0.25, 0.3) is 0 Å². The number of rotatable bonds is 6. The van der Waals surface area contributed by atoms with Gasteiger partial charge >= 0.3 is 0 Å². The van der Waals surface area contributed by atoms with Crippen molar-refractivity contribution in [2.45, 2.75) is 45.6 Å². The summed E-state index contributed by atoms with van der Waals surface area (Å²) in [6.45, 7) is 5.27. The van der Waals surface area contributed by atoms with E-state index in [1.165, 1.54) is 0 Å². The summed E-state index contributed by atoms with van der Waals surface area (Å²) in [4.78, 5) is 32.9. The number of amides is 2. The minimum atomic E-state index is 0.184. The fourth-order valence-corrected chi connectivity index (χ4v) is 4.78. The van der Waals surface area contributed by atoms with Crippen molar-refractivity contribution < 1.29 is 9.59 Å². The minimum Gasteiger partial charge on any atom is -0.342 e. The molecule has 0 saturated carbocycles. The van der Waals surface area contributed by atoms with Crippen molar-refractivity contribution in [1.82, 2.24) is 14.8 Å². The van der Waals surface area contributed by atoms with Gasteiger partial charge in [-0.1, -0.05) is 13.0 Å². The van der Waals surface area contributed by atoms with Gasteiger partial charge in [-0.15, -0.1) is 0 Å². The summed E-state index contributed by atoms with van der Waals surface area (Å²) in [5, 5.41) is 0. The molecule has 0 aromatic carbocycles. The molecule has 142 valence electrons. The number of thioether (sulfide) groups is 1. The maximum absolute atomic E-state index is 12.4. The molecule has 6 heteroatoms. The summed E-state index contributed by atoms with van der Waals surface area (Å²) in [6, 6.07) is 3.94. The summed E-state index contributed by atoms with van der Waals surface area (Å²) in [5.41, 5.74) is 1.27. The van der Waals surface area contributed by atoms with Gasteiger partial charge < -0.3 is 9.80 Å². The van der Waals surface area contributed by atoms with Crippen LogP contribution in [0.5, 0.6) is 0 Å². The van der Waals surface area contributed by atoms with Gasteiger partial charge in [0.05, 0.1) is 5.75 Å². The largest absolute Gasteiger partial charge is 0.342 e. The number of aromatic nitrogens is 1. The maximum Gasteiger partial charge on any atom is 0.232 e. The molecule has 0 radical (unpaired) electrons. The second kappa shape index (κ2) is 8.89. The zero-order valence-corrected chi connectivity index (χ0v) is 16.5. The van der Waals surface area contributed by atoms with E-state index >= 15 is 0 Å². The van der Waals surface area contributed by atoms with Gasteiger partial charge in [0.2, 0.25) is 11.8 Å². The lowest BCUT2D eigenvalue weighted by molar-refractivity contribution is -0.142. The van der Waals surface area contributed by atoms with Crippen LogP contribution in [0.4, 0.5) is 0 Å². The Morgan fingerprint density at radius 2 is 2.12 bits per heavy atom. The Bertz CT molecular complexity index is 615. The molecule has 2 amide bonds. The Morgan fingerprint density at radius 1 is 1.31 bits per heavy atom. The predicted octanol–water partition coefficient (Wildman–Crippen LogP) is 2.96. The van der Waals surface area contributed by atoms with Crippen molar-refractivity contribution >= 4 is 23.6 Å². The fourth-order valence-electron chi connectivity index (χ4n) is 3.99. The van der Waals surface area contributed by atoms with Crippen LogP contribution in [0, 0.1) is 5.41 Å². The monoisotopic (exact) mass is 375 g/mol. The molecule has 2 saturated heterocycles. The highest BCUT2D eigenvalue weighted by Gasteiger charge is 2.41. The number of hydrogen-bond donors (Lipinski definition) is 0. The molecule has 0 unspecified atom stereocenters. The van der Waals surface area contributed by atoms with E-state index in [4.69, 9.17) is 0 Å². The molecule has 1 aromatic heterocycles. The Balaban J connectivity index is 1.54. The number of piperidine rings is 2. The first-order valence-electron chi connectivity index (χ1n) is 9.64. The van der Waals surface area contributed by atoms with E-state index in [2.05, 4.69) is 11.9 Å². The zero-order chi connectivity index (χ0) is 18.4. The second-order valence-corrected chi connectivity index (χ2v) is 8.65. The van der Waals surface area contributed by atoms with E-state index in [-0.39, 0.29) is 17.2 Å². The normalized spacial score (nSPS) is 19.8. The van der Waals surface area contributed by atoms with Crippen LogP contribution in [0.15, 0.2) is 24.5 Å². The predicted molar refractivity (Wildman–Crippen MR) is 105 cm³/mol. The minimum absolute atomic E-state index is 0.184. The molecule has 1 spiro atoms. The quantitative estimate of drug-likeness (QED) is 0.718. The number of likely N-dealkylation sites (tertiary alicyclic amines) is 2. The third-order valence-corrected chi connectivity index (χ3v) is 6.74. The van der Waals surface area contributed by atoms with Crippen molar-refractivity contribution in [1.29, 1.82) is 0 Å². The van der Waals surface area contributed by atoms with E-state index in [9.17, 15) is 9.59 Å². The van der Waals surface area contributed by atoms with Crippen molar-refractivity contribution in [2.24, 2.45) is 5.41 Å². The average Bonchev–Trinajstić information content (AvgIpc) is 2.66. The zero-order valence-electron chi connectivity index (χ0n) is 15.7. The SMILES string of the molecule is CCCSCC(=O)N1CCC2(CCC(=O)N(Cc3cccnc3)C2)CC1. The van der Waals surface area contributed by atoms with Gasteiger partial charge in [-0.05, 0) is 48.5 Å². The molecular weight excluding hydrogens is 346 g/mol. The molecule has 26 heavy (non-hydrogen) atoms. The van der Waals surface area contributed by atoms with Crippen LogP contribution in [0.2, 0.25) is 0 Å². The van der Waals surface area contributed by atoms with Crippen LogP contribution in [-0.4, -0.2) is 57.7 Å². The van der Waals surface area contributed by atoms with Gasteiger partial charge in [0.15, 0.2) is 0 Å². The summed E-state index contributed by atoms with van der Waals surface area (Å²) in [7, 11) is 0. The highest BCUT2D eigenvalue weighted by atomic mass is 32.2. The number of pyridine rings is 1. The summed E-state index contributed by atoms with van der Waals surface area (Å²) in [6.07, 6.45) is 8.31. The van der Waals surface area contributed by atoms with Crippen molar-refractivity contribution in [3.05, 3.63) is 30.1 Å². The van der Waals surface area contributed by atoms with E-state index in [1.54, 1.807) is 18.0 Å². The van der Waals surface area contributed by atoms with Gasteiger partial charge in [0.1, 0.15) is 0 Å². The molecule has 3 heterocycles. The van der Waals surface area contributed by atoms with Crippen LogP contribution >= 0.6 is 11.8 Å². The Labute approximate surface area is 160 Å². The molecule has 0 N–H and O–H groups in total. The van der Waals surface area contributed by atoms with Crippen molar-refractivity contribution in [2.75, 3.05) is 31.1 Å². The second-order valence-electron chi connectivity index (χ2n) is 7.54. The first-order valence-corrected chi connectivity index (χ1v) is 10.8. The molecular formula is C20H29N3O2S. The molecule has 2 fully saturated rings. The first-order chi connectivity index (χ1) is 12.6. The Morgan fingerprint density at radius 3 is 2.81 bits per heavy atom. The molecule has 0 bridgehead atoms. The summed E-state index contributed by atoms with van der Waals surface area (Å²) < 4.78 is 0. The average molecular weight is 376 g/mol. The fraction of sp³-hybridized carbons (Fsp3) is 0.650. The van der Waals surface area contributed by atoms with Crippen LogP contribution < -0.4 is 0 Å². The van der Waals surface area contributed by atoms with Crippen LogP contribution in [0.25, 0.3) is 0 Å². The van der Waals surface area contributed by atoms with Crippen LogP contribution in [0.1, 0.15) is 44.6 Å². The smallest absolute Gasteiger partial charge is 0.232 e. The standard InChI is InChI=1S/C20H29N3O2S/c1-2-12-26-15-19(25)22-10-7-20(8-11-22)6-5-18(24)23(16-20)14-17-4-3-9-21-13-17/h3-4,9,13H,2,5-8,10-12,14-16H2,1H3.